The molecule has 3 heterocycles. The largest absolute Gasteiger partial charge is 0.357 e. The molecule has 0 amide bonds. The molecule has 0 aromatic carbocycles. The number of piperidine rings is 1. The molecule has 27 heavy (non-hydrogen) atoms. The summed E-state index contributed by atoms with van der Waals surface area (Å²) in [7, 11) is 1.83. The van der Waals surface area contributed by atoms with Gasteiger partial charge in [0.1, 0.15) is 5.82 Å². The molecule has 0 radical (unpaired) electrons. The molecule has 0 bridgehead atoms. The Labute approximate surface area is 185 Å². The van der Waals surface area contributed by atoms with Gasteiger partial charge in [0, 0.05) is 44.2 Å². The molecule has 3 rings (SSSR count). The zero-order chi connectivity index (χ0) is 18.4. The van der Waals surface area contributed by atoms with Crippen LogP contribution >= 0.6 is 35.7 Å². The van der Waals surface area contributed by atoms with Crippen LogP contribution in [0.25, 0.3) is 0 Å². The van der Waals surface area contributed by atoms with Crippen molar-refractivity contribution in [3.05, 3.63) is 23.9 Å². The summed E-state index contributed by atoms with van der Waals surface area (Å²) in [5.41, 5.74) is 1.18. The molecule has 0 spiro atoms. The Hall–Kier alpha value is -0.700. The molecule has 1 aromatic heterocycles. The van der Waals surface area contributed by atoms with Crippen LogP contribution in [0.4, 0.5) is 5.82 Å². The van der Waals surface area contributed by atoms with Gasteiger partial charge in [-0.05, 0) is 55.9 Å². The first kappa shape index (κ1) is 22.6. The zero-order valence-corrected chi connectivity index (χ0v) is 20.0. The number of aliphatic imine (C=N–C) groups is 1. The molecule has 2 aliphatic heterocycles. The molecule has 1 aromatic rings. The van der Waals surface area contributed by atoms with E-state index in [4.69, 9.17) is 0 Å². The van der Waals surface area contributed by atoms with E-state index in [1.807, 2.05) is 13.2 Å². The summed E-state index contributed by atoms with van der Waals surface area (Å²) in [5, 5.41) is 6.89. The Morgan fingerprint density at radius 2 is 2.11 bits per heavy atom. The molecule has 2 fully saturated rings. The van der Waals surface area contributed by atoms with Gasteiger partial charge >= 0.3 is 0 Å². The maximum absolute atomic E-state index is 4.67. The highest BCUT2D eigenvalue weighted by molar-refractivity contribution is 14.0. The number of halogens is 1. The number of hydrogen-bond acceptors (Lipinski definition) is 4. The molecular weight excluding hydrogens is 469 g/mol. The van der Waals surface area contributed by atoms with Gasteiger partial charge in [-0.25, -0.2) is 4.98 Å². The minimum absolute atomic E-state index is 0. The first-order chi connectivity index (χ1) is 12.6. The average Bonchev–Trinajstić information content (AvgIpc) is 3.10. The van der Waals surface area contributed by atoms with Gasteiger partial charge in [-0.2, -0.15) is 11.8 Å². The van der Waals surface area contributed by atoms with Crippen LogP contribution in [0, 0.1) is 5.92 Å². The van der Waals surface area contributed by atoms with Crippen LogP contribution in [-0.4, -0.2) is 48.1 Å². The molecule has 0 aliphatic carbocycles. The van der Waals surface area contributed by atoms with Crippen LogP contribution < -0.4 is 15.5 Å². The van der Waals surface area contributed by atoms with E-state index in [9.17, 15) is 0 Å². The predicted molar refractivity (Wildman–Crippen MR) is 129 cm³/mol. The number of hydrogen-bond donors (Lipinski definition) is 2. The molecular formula is C20H34IN5S. The van der Waals surface area contributed by atoms with E-state index in [1.54, 1.807) is 0 Å². The van der Waals surface area contributed by atoms with E-state index in [-0.39, 0.29) is 24.0 Å². The van der Waals surface area contributed by atoms with Crippen LogP contribution in [-0.2, 0) is 6.54 Å². The average molecular weight is 503 g/mol. The Morgan fingerprint density at radius 1 is 1.33 bits per heavy atom. The molecule has 7 heteroatoms. The number of aromatic nitrogens is 1. The fourth-order valence-corrected chi connectivity index (χ4v) is 4.84. The molecule has 2 aliphatic rings. The monoisotopic (exact) mass is 503 g/mol. The summed E-state index contributed by atoms with van der Waals surface area (Å²) in [6, 6.07) is 4.33. The SMILES string of the molecule is CN=C(NCc1ccc(N2CCC(C)CC2)nc1)NCC1(C)CCCS1.I. The van der Waals surface area contributed by atoms with Gasteiger partial charge in [0.05, 0.1) is 0 Å². The van der Waals surface area contributed by atoms with Crippen molar-refractivity contribution in [1.82, 2.24) is 15.6 Å². The third kappa shape index (κ3) is 6.69. The maximum atomic E-state index is 4.67. The number of pyridine rings is 1. The van der Waals surface area contributed by atoms with Gasteiger partial charge in [0.25, 0.3) is 0 Å². The van der Waals surface area contributed by atoms with Gasteiger partial charge in [-0.1, -0.05) is 13.0 Å². The summed E-state index contributed by atoms with van der Waals surface area (Å²) in [5.74, 6) is 4.10. The smallest absolute Gasteiger partial charge is 0.191 e. The Kier molecular flexibility index (Phi) is 8.98. The van der Waals surface area contributed by atoms with Crippen molar-refractivity contribution in [2.75, 3.05) is 37.3 Å². The predicted octanol–water partition coefficient (Wildman–Crippen LogP) is 3.89. The second-order valence-electron chi connectivity index (χ2n) is 7.88. The molecule has 5 nitrogen and oxygen atoms in total. The third-order valence-corrected chi connectivity index (χ3v) is 7.07. The van der Waals surface area contributed by atoms with Gasteiger partial charge in [0.15, 0.2) is 5.96 Å². The highest BCUT2D eigenvalue weighted by atomic mass is 127. The number of rotatable bonds is 5. The fraction of sp³-hybridized carbons (Fsp3) is 0.700. The van der Waals surface area contributed by atoms with E-state index >= 15 is 0 Å². The van der Waals surface area contributed by atoms with Gasteiger partial charge < -0.3 is 15.5 Å². The Morgan fingerprint density at radius 3 is 2.70 bits per heavy atom. The summed E-state index contributed by atoms with van der Waals surface area (Å²) in [6.07, 6.45) is 7.13. The molecule has 2 saturated heterocycles. The number of nitrogens with zero attached hydrogens (tertiary/aromatic N) is 3. The Bertz CT molecular complexity index is 593. The number of guanidine groups is 1. The topological polar surface area (TPSA) is 52.6 Å². The third-order valence-electron chi connectivity index (χ3n) is 5.53. The summed E-state index contributed by atoms with van der Waals surface area (Å²) < 4.78 is 0.340. The number of nitrogens with one attached hydrogen (secondary N) is 2. The van der Waals surface area contributed by atoms with E-state index in [1.165, 1.54) is 37.0 Å². The lowest BCUT2D eigenvalue weighted by molar-refractivity contribution is 0.436. The molecule has 152 valence electrons. The maximum Gasteiger partial charge on any atom is 0.191 e. The first-order valence-corrected chi connectivity index (χ1v) is 10.8. The van der Waals surface area contributed by atoms with Crippen molar-refractivity contribution in [2.45, 2.75) is 50.8 Å². The van der Waals surface area contributed by atoms with Crippen molar-refractivity contribution in [2.24, 2.45) is 10.9 Å². The van der Waals surface area contributed by atoms with Crippen molar-refractivity contribution in [3.63, 3.8) is 0 Å². The fourth-order valence-electron chi connectivity index (χ4n) is 3.60. The first-order valence-electron chi connectivity index (χ1n) is 9.86. The van der Waals surface area contributed by atoms with Crippen LogP contribution in [0.3, 0.4) is 0 Å². The van der Waals surface area contributed by atoms with E-state index < -0.39 is 0 Å². The zero-order valence-electron chi connectivity index (χ0n) is 16.8. The standard InChI is InChI=1S/C20H33N5S.HI/c1-16-7-10-25(11-8-16)18-6-5-17(13-22-18)14-23-19(21-3)24-15-20(2)9-4-12-26-20;/h5-6,13,16H,4,7-12,14-15H2,1-3H3,(H2,21,23,24);1H. The lowest BCUT2D eigenvalue weighted by Crippen LogP contribution is -2.43. The van der Waals surface area contributed by atoms with Crippen molar-refractivity contribution in [1.29, 1.82) is 0 Å². The minimum atomic E-state index is 0. The lowest BCUT2D eigenvalue weighted by Gasteiger charge is -2.31. The Balaban J connectivity index is 0.00000261. The van der Waals surface area contributed by atoms with Gasteiger partial charge in [-0.3, -0.25) is 4.99 Å². The highest BCUT2D eigenvalue weighted by Crippen LogP contribution is 2.36. The summed E-state index contributed by atoms with van der Waals surface area (Å²) >= 11 is 2.07. The number of thioether (sulfide) groups is 1. The molecule has 1 atom stereocenters. The van der Waals surface area contributed by atoms with Crippen molar-refractivity contribution >= 4 is 47.5 Å². The second-order valence-corrected chi connectivity index (χ2v) is 9.56. The number of anilines is 1. The van der Waals surface area contributed by atoms with E-state index in [0.717, 1.165) is 43.9 Å². The van der Waals surface area contributed by atoms with Crippen LogP contribution in [0.2, 0.25) is 0 Å². The second kappa shape index (κ2) is 10.7. The van der Waals surface area contributed by atoms with Gasteiger partial charge in [0.2, 0.25) is 0 Å². The van der Waals surface area contributed by atoms with Crippen molar-refractivity contribution < 1.29 is 0 Å². The van der Waals surface area contributed by atoms with Crippen LogP contribution in [0.1, 0.15) is 45.1 Å². The quantitative estimate of drug-likeness (QED) is 0.363. The normalized spacial score (nSPS) is 23.8. The minimum Gasteiger partial charge on any atom is -0.357 e. The summed E-state index contributed by atoms with van der Waals surface area (Å²) in [6.45, 7) is 8.63. The van der Waals surface area contributed by atoms with Crippen molar-refractivity contribution in [3.8, 4) is 0 Å². The van der Waals surface area contributed by atoms with Crippen LogP contribution in [0.15, 0.2) is 23.3 Å². The highest BCUT2D eigenvalue weighted by Gasteiger charge is 2.29. The molecule has 2 N–H and O–H groups in total. The van der Waals surface area contributed by atoms with E-state index in [0.29, 0.717) is 4.75 Å². The van der Waals surface area contributed by atoms with Gasteiger partial charge in [-0.15, -0.1) is 24.0 Å². The molecule has 0 saturated carbocycles. The molecule has 1 unspecified atom stereocenters. The van der Waals surface area contributed by atoms with E-state index in [2.05, 4.69) is 63.3 Å². The van der Waals surface area contributed by atoms with Crippen LogP contribution in [0.5, 0.6) is 0 Å². The lowest BCUT2D eigenvalue weighted by atomic mass is 9.99. The summed E-state index contributed by atoms with van der Waals surface area (Å²) in [4.78, 5) is 11.4.